The molecular weight excluding hydrogens is 410 g/mol. The molecule has 0 aromatic carbocycles. The molecule has 3 heterocycles. The Morgan fingerprint density at radius 1 is 1.45 bits per heavy atom. The van der Waals surface area contributed by atoms with Crippen LogP contribution >= 0.6 is 7.82 Å². The van der Waals surface area contributed by atoms with Gasteiger partial charge in [0.05, 0.1) is 6.33 Å². The highest BCUT2D eigenvalue weighted by molar-refractivity contribution is 7.46. The van der Waals surface area contributed by atoms with Crippen molar-refractivity contribution in [3.05, 3.63) is 6.33 Å². The van der Waals surface area contributed by atoms with Crippen LogP contribution in [0.5, 0.6) is 0 Å². The smallest absolute Gasteiger partial charge is 0.381 e. The molecule has 2 saturated carbocycles. The van der Waals surface area contributed by atoms with E-state index in [2.05, 4.69) is 19.5 Å². The lowest BCUT2D eigenvalue weighted by Gasteiger charge is -2.30. The minimum Gasteiger partial charge on any atom is -0.381 e. The lowest BCUT2D eigenvalue weighted by molar-refractivity contribution is -0.112. The number of anilines is 2. The van der Waals surface area contributed by atoms with Gasteiger partial charge in [-0.15, -0.1) is 0 Å². The maximum atomic E-state index is 15.7. The highest BCUT2D eigenvalue weighted by Gasteiger charge is 2.85. The van der Waals surface area contributed by atoms with Crippen LogP contribution in [0.1, 0.15) is 26.0 Å². The Morgan fingerprint density at radius 2 is 2.14 bits per heavy atom. The molecule has 2 aliphatic carbocycles. The standard InChI is InChI=1S/C15H20FN6O6P/c1-14(16)12(27-8-9(15(8,14)23)28-29(24,25)26)22-5-18-7-10(21(2)6-3-4-6)19-13(17)20-11(7)22/h5-6,8-9,12,23H,3-4H2,1-2H3,(H2,17,19,20)(H2,24,25,26)/t8-,9?,12-,14+,15+/m1/s1. The maximum absolute atomic E-state index is 15.7. The number of rotatable bonds is 5. The molecule has 12 nitrogen and oxygen atoms in total. The summed E-state index contributed by atoms with van der Waals surface area (Å²) in [6, 6.07) is 0.325. The molecule has 1 saturated heterocycles. The fourth-order valence-electron chi connectivity index (χ4n) is 4.09. The molecule has 5 N–H and O–H groups in total. The lowest BCUT2D eigenvalue weighted by Crippen LogP contribution is -2.45. The molecule has 2 aromatic rings. The van der Waals surface area contributed by atoms with E-state index >= 15 is 4.39 Å². The maximum Gasteiger partial charge on any atom is 0.470 e. The van der Waals surface area contributed by atoms with Gasteiger partial charge < -0.3 is 30.3 Å². The molecule has 14 heteroatoms. The third-order valence-electron chi connectivity index (χ3n) is 5.91. The van der Waals surface area contributed by atoms with Crippen molar-refractivity contribution in [1.82, 2.24) is 19.5 Å². The normalized spacial score (nSPS) is 36.4. The van der Waals surface area contributed by atoms with E-state index in [9.17, 15) is 9.67 Å². The number of phosphoric ester groups is 1. The first-order valence-electron chi connectivity index (χ1n) is 8.98. The molecular formula is C15H20FN6O6P. The first kappa shape index (κ1) is 19.1. The largest absolute Gasteiger partial charge is 0.470 e. The third kappa shape index (κ3) is 2.62. The number of aromatic nitrogens is 4. The van der Waals surface area contributed by atoms with E-state index < -0.39 is 37.5 Å². The van der Waals surface area contributed by atoms with Gasteiger partial charge in [-0.3, -0.25) is 9.09 Å². The molecule has 29 heavy (non-hydrogen) atoms. The number of ether oxygens (including phenoxy) is 1. The minimum atomic E-state index is -4.93. The van der Waals surface area contributed by atoms with Gasteiger partial charge >= 0.3 is 7.82 Å². The molecule has 158 valence electrons. The Labute approximate surface area is 163 Å². The summed E-state index contributed by atoms with van der Waals surface area (Å²) in [5.41, 5.74) is 1.81. The molecule has 0 radical (unpaired) electrons. The number of halogens is 1. The Hall–Kier alpha value is -1.89. The molecule has 0 bridgehead atoms. The van der Waals surface area contributed by atoms with E-state index in [0.29, 0.717) is 17.4 Å². The second-order valence-corrected chi connectivity index (χ2v) is 9.09. The van der Waals surface area contributed by atoms with E-state index in [1.807, 2.05) is 11.9 Å². The van der Waals surface area contributed by atoms with Crippen molar-refractivity contribution in [3.63, 3.8) is 0 Å². The average molecular weight is 430 g/mol. The van der Waals surface area contributed by atoms with Crippen LogP contribution in [0.25, 0.3) is 11.2 Å². The third-order valence-corrected chi connectivity index (χ3v) is 6.41. The Kier molecular flexibility index (Phi) is 3.70. The first-order valence-corrected chi connectivity index (χ1v) is 10.5. The van der Waals surface area contributed by atoms with Gasteiger partial charge in [0.15, 0.2) is 34.5 Å². The van der Waals surface area contributed by atoms with Crippen molar-refractivity contribution >= 4 is 30.8 Å². The van der Waals surface area contributed by atoms with Gasteiger partial charge in [0.25, 0.3) is 0 Å². The Bertz CT molecular complexity index is 1060. The fourth-order valence-corrected chi connectivity index (χ4v) is 4.66. The van der Waals surface area contributed by atoms with E-state index in [1.54, 1.807) is 0 Å². The summed E-state index contributed by atoms with van der Waals surface area (Å²) in [5, 5.41) is 10.7. The zero-order chi connectivity index (χ0) is 20.9. The second-order valence-electron chi connectivity index (χ2n) is 7.90. The van der Waals surface area contributed by atoms with Gasteiger partial charge in [-0.2, -0.15) is 9.97 Å². The zero-order valence-electron chi connectivity index (χ0n) is 15.5. The molecule has 5 atom stereocenters. The van der Waals surface area contributed by atoms with Crippen molar-refractivity contribution in [2.75, 3.05) is 17.7 Å². The van der Waals surface area contributed by atoms with Crippen LogP contribution in [-0.4, -0.2) is 71.0 Å². The van der Waals surface area contributed by atoms with E-state index in [1.165, 1.54) is 10.9 Å². The molecule has 5 rings (SSSR count). The quantitative estimate of drug-likeness (QED) is 0.466. The number of hydrogen-bond donors (Lipinski definition) is 4. The highest BCUT2D eigenvalue weighted by Crippen LogP contribution is 2.65. The molecule has 3 fully saturated rings. The summed E-state index contributed by atoms with van der Waals surface area (Å²) >= 11 is 0. The number of nitrogens with zero attached hydrogens (tertiary/aromatic N) is 5. The van der Waals surface area contributed by atoms with Crippen LogP contribution < -0.4 is 10.6 Å². The topological polar surface area (TPSA) is 169 Å². The Balaban J connectivity index is 1.52. The van der Waals surface area contributed by atoms with Crippen molar-refractivity contribution in [2.24, 2.45) is 0 Å². The molecule has 2 aromatic heterocycles. The van der Waals surface area contributed by atoms with Gasteiger partial charge in [-0.1, -0.05) is 0 Å². The van der Waals surface area contributed by atoms with Gasteiger partial charge in [-0.05, 0) is 19.8 Å². The molecule has 1 unspecified atom stereocenters. The van der Waals surface area contributed by atoms with E-state index in [4.69, 9.17) is 20.3 Å². The monoisotopic (exact) mass is 430 g/mol. The number of phosphoric acid groups is 1. The predicted molar refractivity (Wildman–Crippen MR) is 96.5 cm³/mol. The van der Waals surface area contributed by atoms with Gasteiger partial charge in [0, 0.05) is 13.1 Å². The molecule has 3 aliphatic rings. The van der Waals surface area contributed by atoms with Gasteiger partial charge in [-0.25, -0.2) is 13.9 Å². The fraction of sp³-hybridized carbons (Fsp3) is 0.667. The summed E-state index contributed by atoms with van der Waals surface area (Å²) in [7, 11) is -3.06. The number of hydrogen-bond acceptors (Lipinski definition) is 9. The Morgan fingerprint density at radius 3 is 2.69 bits per heavy atom. The van der Waals surface area contributed by atoms with Gasteiger partial charge in [0.2, 0.25) is 5.95 Å². The number of fused-ring (bicyclic) bond motifs is 2. The van der Waals surface area contributed by atoms with Crippen LogP contribution in [0.4, 0.5) is 16.2 Å². The average Bonchev–Trinajstić information content (AvgIpc) is 3.48. The van der Waals surface area contributed by atoms with Crippen molar-refractivity contribution < 1.29 is 33.1 Å². The molecule has 0 spiro atoms. The lowest BCUT2D eigenvalue weighted by atomic mass is 9.97. The second kappa shape index (κ2) is 5.62. The highest BCUT2D eigenvalue weighted by atomic mass is 31.2. The van der Waals surface area contributed by atoms with Crippen LogP contribution in [-0.2, 0) is 13.8 Å². The summed E-state index contributed by atoms with van der Waals surface area (Å²) in [6.45, 7) is 1.08. The SMILES string of the molecule is CN(c1nc(N)nc2c1ncn2[C@@H]1O[C@@H]2C(OP(=O)(O)O)[C@]2(O)[C@@]1(C)F)C1CC1. The summed E-state index contributed by atoms with van der Waals surface area (Å²) in [6.07, 6.45) is -0.731. The number of nitrogens with two attached hydrogens (primary N) is 1. The molecule has 0 amide bonds. The van der Waals surface area contributed by atoms with Crippen LogP contribution in [0.2, 0.25) is 0 Å². The number of imidazole rings is 1. The summed E-state index contributed by atoms with van der Waals surface area (Å²) in [5.74, 6) is 0.491. The number of aliphatic hydroxyl groups is 1. The first-order chi connectivity index (χ1) is 13.4. The molecule has 1 aliphatic heterocycles. The van der Waals surface area contributed by atoms with Crippen molar-refractivity contribution in [2.45, 2.75) is 55.5 Å². The van der Waals surface area contributed by atoms with Crippen LogP contribution in [0, 0.1) is 0 Å². The zero-order valence-corrected chi connectivity index (χ0v) is 16.4. The minimum absolute atomic E-state index is 0.0214. The summed E-state index contributed by atoms with van der Waals surface area (Å²) in [4.78, 5) is 32.6. The van der Waals surface area contributed by atoms with Crippen molar-refractivity contribution in [3.8, 4) is 0 Å². The predicted octanol–water partition coefficient (Wildman–Crippen LogP) is -0.145. The van der Waals surface area contributed by atoms with Crippen molar-refractivity contribution in [1.29, 1.82) is 0 Å². The van der Waals surface area contributed by atoms with Crippen LogP contribution in [0.3, 0.4) is 0 Å². The van der Waals surface area contributed by atoms with E-state index in [0.717, 1.165) is 19.8 Å². The van der Waals surface area contributed by atoms with Crippen LogP contribution in [0.15, 0.2) is 6.33 Å². The van der Waals surface area contributed by atoms with Gasteiger partial charge in [0.1, 0.15) is 12.2 Å². The number of alkyl halides is 1. The summed E-state index contributed by atoms with van der Waals surface area (Å²) < 4.78 is 38.1. The van der Waals surface area contributed by atoms with E-state index in [-0.39, 0.29) is 11.6 Å². The number of nitrogen functional groups attached to an aromatic ring is 1.